The number of nitrogen functional groups attached to an aromatic ring is 1. The largest absolute Gasteiger partial charge is 0.493 e. The lowest BCUT2D eigenvalue weighted by molar-refractivity contribution is -0.117. The summed E-state index contributed by atoms with van der Waals surface area (Å²) in [5.41, 5.74) is 8.11. The van der Waals surface area contributed by atoms with Gasteiger partial charge in [-0.3, -0.25) is 4.79 Å². The fourth-order valence-corrected chi connectivity index (χ4v) is 3.99. The summed E-state index contributed by atoms with van der Waals surface area (Å²) in [6.07, 6.45) is 1.70. The number of ether oxygens (including phenoxy) is 3. The molecular weight excluding hydrogens is 320 g/mol. The van der Waals surface area contributed by atoms with Gasteiger partial charge in [0.25, 0.3) is 0 Å². The van der Waals surface area contributed by atoms with Gasteiger partial charge in [0.15, 0.2) is 11.5 Å². The Morgan fingerprint density at radius 2 is 1.92 bits per heavy atom. The molecule has 1 spiro atoms. The first kappa shape index (κ1) is 14.5. The van der Waals surface area contributed by atoms with E-state index in [1.165, 1.54) is 0 Å². The number of nitrogens with two attached hydrogens (primary N) is 1. The number of benzene rings is 2. The zero-order valence-electron chi connectivity index (χ0n) is 13.6. The standard InChI is InChI=1S/C19H18N2O4/c20-13-7-16-17(25-10-24-16)8-14(13)21-18(22)12-9-19(12)5-6-23-15-4-2-1-3-11(15)19/h1-4,7-8,12H,5-6,9-10,20H2,(H,21,22). The van der Waals surface area contributed by atoms with Gasteiger partial charge < -0.3 is 25.3 Å². The van der Waals surface area contributed by atoms with Crippen LogP contribution in [0.2, 0.25) is 0 Å². The number of carbonyl (C=O) groups is 1. The molecule has 0 radical (unpaired) electrons. The van der Waals surface area contributed by atoms with Crippen molar-refractivity contribution in [2.24, 2.45) is 5.92 Å². The van der Waals surface area contributed by atoms with Crippen LogP contribution in [0.3, 0.4) is 0 Å². The summed E-state index contributed by atoms with van der Waals surface area (Å²) in [7, 11) is 0. The predicted molar refractivity (Wildman–Crippen MR) is 91.9 cm³/mol. The first-order valence-corrected chi connectivity index (χ1v) is 8.40. The van der Waals surface area contributed by atoms with E-state index in [4.69, 9.17) is 19.9 Å². The molecule has 1 amide bonds. The number of nitrogens with one attached hydrogen (secondary N) is 1. The zero-order valence-corrected chi connectivity index (χ0v) is 13.6. The molecule has 25 heavy (non-hydrogen) atoms. The molecule has 1 saturated carbocycles. The second kappa shape index (κ2) is 5.05. The van der Waals surface area contributed by atoms with E-state index < -0.39 is 0 Å². The van der Waals surface area contributed by atoms with Crippen molar-refractivity contribution in [3.63, 3.8) is 0 Å². The van der Waals surface area contributed by atoms with Crippen LogP contribution in [0.5, 0.6) is 17.2 Å². The molecule has 3 N–H and O–H groups in total. The highest BCUT2D eigenvalue weighted by atomic mass is 16.7. The average molecular weight is 338 g/mol. The molecule has 2 aliphatic heterocycles. The van der Waals surface area contributed by atoms with E-state index in [1.807, 2.05) is 18.2 Å². The third-order valence-electron chi connectivity index (χ3n) is 5.42. The van der Waals surface area contributed by atoms with E-state index in [1.54, 1.807) is 12.1 Å². The van der Waals surface area contributed by atoms with Gasteiger partial charge >= 0.3 is 0 Å². The molecule has 3 aliphatic rings. The molecule has 2 heterocycles. The van der Waals surface area contributed by atoms with Gasteiger partial charge in [-0.2, -0.15) is 0 Å². The SMILES string of the molecule is Nc1cc2c(cc1NC(=O)C1CC13CCOc1ccccc13)OCO2. The number of hydrogen-bond donors (Lipinski definition) is 2. The van der Waals surface area contributed by atoms with Gasteiger partial charge in [0.1, 0.15) is 5.75 Å². The number of rotatable bonds is 2. The van der Waals surface area contributed by atoms with E-state index >= 15 is 0 Å². The Morgan fingerprint density at radius 1 is 1.12 bits per heavy atom. The van der Waals surface area contributed by atoms with Crippen LogP contribution in [0.15, 0.2) is 36.4 Å². The maximum atomic E-state index is 12.8. The van der Waals surface area contributed by atoms with Crippen molar-refractivity contribution in [1.29, 1.82) is 0 Å². The fourth-order valence-electron chi connectivity index (χ4n) is 3.99. The third-order valence-corrected chi connectivity index (χ3v) is 5.42. The number of anilines is 2. The van der Waals surface area contributed by atoms with Crippen LogP contribution in [0.25, 0.3) is 0 Å². The fraction of sp³-hybridized carbons (Fsp3) is 0.316. The molecule has 128 valence electrons. The molecule has 1 fully saturated rings. The lowest BCUT2D eigenvalue weighted by atomic mass is 9.87. The summed E-state index contributed by atoms with van der Waals surface area (Å²) < 4.78 is 16.4. The summed E-state index contributed by atoms with van der Waals surface area (Å²) >= 11 is 0. The number of para-hydroxylation sites is 1. The van der Waals surface area contributed by atoms with Gasteiger partial charge in [0.2, 0.25) is 12.7 Å². The molecular formula is C19H18N2O4. The van der Waals surface area contributed by atoms with Gasteiger partial charge in [-0.15, -0.1) is 0 Å². The topological polar surface area (TPSA) is 82.8 Å². The van der Waals surface area contributed by atoms with Crippen LogP contribution in [0.1, 0.15) is 18.4 Å². The molecule has 0 aromatic heterocycles. The van der Waals surface area contributed by atoms with Crippen LogP contribution >= 0.6 is 0 Å². The van der Waals surface area contributed by atoms with Gasteiger partial charge in [-0.1, -0.05) is 18.2 Å². The Hall–Kier alpha value is -2.89. The van der Waals surface area contributed by atoms with Crippen molar-refractivity contribution in [2.45, 2.75) is 18.3 Å². The molecule has 2 unspecified atom stereocenters. The first-order chi connectivity index (χ1) is 12.2. The highest BCUT2D eigenvalue weighted by Gasteiger charge is 2.61. The summed E-state index contributed by atoms with van der Waals surface area (Å²) in [4.78, 5) is 12.8. The molecule has 0 bridgehead atoms. The van der Waals surface area contributed by atoms with Crippen LogP contribution in [-0.4, -0.2) is 19.3 Å². The number of hydrogen-bond acceptors (Lipinski definition) is 5. The summed E-state index contributed by atoms with van der Waals surface area (Å²) in [6, 6.07) is 11.4. The van der Waals surface area contributed by atoms with Gasteiger partial charge in [-0.25, -0.2) is 0 Å². The smallest absolute Gasteiger partial charge is 0.231 e. The van der Waals surface area contributed by atoms with Crippen LogP contribution in [-0.2, 0) is 10.2 Å². The minimum Gasteiger partial charge on any atom is -0.493 e. The second-order valence-corrected chi connectivity index (χ2v) is 6.79. The Morgan fingerprint density at radius 3 is 2.80 bits per heavy atom. The monoisotopic (exact) mass is 338 g/mol. The second-order valence-electron chi connectivity index (χ2n) is 6.79. The number of fused-ring (bicyclic) bond motifs is 3. The summed E-state index contributed by atoms with van der Waals surface area (Å²) in [5, 5.41) is 2.96. The Labute approximate surface area is 144 Å². The molecule has 0 saturated heterocycles. The van der Waals surface area contributed by atoms with Gasteiger partial charge in [-0.05, 0) is 18.9 Å². The van der Waals surface area contributed by atoms with Crippen molar-refractivity contribution in [2.75, 3.05) is 24.5 Å². The molecule has 2 aromatic rings. The van der Waals surface area contributed by atoms with Crippen molar-refractivity contribution in [1.82, 2.24) is 0 Å². The summed E-state index contributed by atoms with van der Waals surface area (Å²) in [5.74, 6) is 2.03. The van der Waals surface area contributed by atoms with E-state index in [0.29, 0.717) is 29.5 Å². The first-order valence-electron chi connectivity index (χ1n) is 8.40. The Balaban J connectivity index is 1.39. The van der Waals surface area contributed by atoms with Crippen molar-refractivity contribution >= 4 is 17.3 Å². The quantitative estimate of drug-likeness (QED) is 0.823. The minimum atomic E-state index is -0.107. The Bertz CT molecular complexity index is 882. The molecule has 6 nitrogen and oxygen atoms in total. The van der Waals surface area contributed by atoms with Crippen molar-refractivity contribution < 1.29 is 19.0 Å². The van der Waals surface area contributed by atoms with Crippen molar-refractivity contribution in [3.05, 3.63) is 42.0 Å². The number of amides is 1. The molecule has 2 aromatic carbocycles. The maximum absolute atomic E-state index is 12.8. The highest BCUT2D eigenvalue weighted by molar-refractivity contribution is 5.99. The maximum Gasteiger partial charge on any atom is 0.231 e. The predicted octanol–water partition coefficient (Wildman–Crippen LogP) is 2.68. The average Bonchev–Trinajstić information content (AvgIpc) is 3.15. The van der Waals surface area contributed by atoms with Crippen molar-refractivity contribution in [3.8, 4) is 17.2 Å². The van der Waals surface area contributed by atoms with E-state index in [2.05, 4.69) is 11.4 Å². The Kier molecular flexibility index (Phi) is 2.92. The lowest BCUT2D eigenvalue weighted by Crippen LogP contribution is -2.26. The summed E-state index contributed by atoms with van der Waals surface area (Å²) in [6.45, 7) is 0.821. The van der Waals surface area contributed by atoms with Crippen LogP contribution in [0, 0.1) is 5.92 Å². The van der Waals surface area contributed by atoms with E-state index in [0.717, 1.165) is 24.2 Å². The molecule has 1 aliphatic carbocycles. The number of carbonyl (C=O) groups excluding carboxylic acids is 1. The third kappa shape index (κ3) is 2.13. The van der Waals surface area contributed by atoms with Crippen LogP contribution < -0.4 is 25.3 Å². The molecule has 6 heteroatoms. The zero-order chi connectivity index (χ0) is 17.0. The lowest BCUT2D eigenvalue weighted by Gasteiger charge is -2.26. The minimum absolute atomic E-state index is 0.0118. The van der Waals surface area contributed by atoms with Gasteiger partial charge in [0.05, 0.1) is 18.0 Å². The normalized spacial score (nSPS) is 25.2. The molecule has 2 atom stereocenters. The molecule has 5 rings (SSSR count). The van der Waals surface area contributed by atoms with Crippen LogP contribution in [0.4, 0.5) is 11.4 Å². The van der Waals surface area contributed by atoms with Gasteiger partial charge in [0, 0.05) is 29.0 Å². The van der Waals surface area contributed by atoms with E-state index in [-0.39, 0.29) is 24.0 Å². The highest BCUT2D eigenvalue weighted by Crippen LogP contribution is 2.61. The van der Waals surface area contributed by atoms with E-state index in [9.17, 15) is 4.79 Å².